The number of aliphatic hydroxyl groups excluding tert-OH is 2. The van der Waals surface area contributed by atoms with Crippen molar-refractivity contribution < 1.29 is 15.0 Å². The first kappa shape index (κ1) is 60.3. The summed E-state index contributed by atoms with van der Waals surface area (Å²) in [5, 5.41) is 23.0. The summed E-state index contributed by atoms with van der Waals surface area (Å²) in [5.74, 6) is -0.0893. The van der Waals surface area contributed by atoms with E-state index in [2.05, 4.69) is 153 Å². The number of allylic oxidation sites excluding steroid dienone is 23. The fraction of sp³-hybridized carbons (Fsp3) is 0.583. The molecule has 0 bridgehead atoms. The van der Waals surface area contributed by atoms with Gasteiger partial charge in [-0.05, 0) is 116 Å². The molecule has 0 radical (unpaired) electrons. The highest BCUT2D eigenvalue weighted by Crippen LogP contribution is 2.13. The second-order valence-corrected chi connectivity index (χ2v) is 16.8. The molecule has 2 atom stereocenters. The third-order valence-electron chi connectivity index (χ3n) is 10.8. The van der Waals surface area contributed by atoms with E-state index in [1.165, 1.54) is 83.5 Å². The van der Waals surface area contributed by atoms with Crippen molar-refractivity contribution in [2.75, 3.05) is 6.61 Å². The lowest BCUT2D eigenvalue weighted by molar-refractivity contribution is -0.123. The molecule has 0 aromatic carbocycles. The van der Waals surface area contributed by atoms with Crippen molar-refractivity contribution >= 4 is 5.91 Å². The van der Waals surface area contributed by atoms with Crippen molar-refractivity contribution in [3.05, 3.63) is 146 Å². The van der Waals surface area contributed by atoms with Crippen LogP contribution in [0.2, 0.25) is 0 Å². The summed E-state index contributed by atoms with van der Waals surface area (Å²) in [6.07, 6.45) is 85.6. The molecule has 360 valence electrons. The smallest absolute Gasteiger partial charge is 0.220 e. The molecule has 0 aliphatic carbocycles. The molecule has 0 fully saturated rings. The van der Waals surface area contributed by atoms with Crippen LogP contribution < -0.4 is 5.32 Å². The van der Waals surface area contributed by atoms with Crippen LogP contribution in [0, 0.1) is 0 Å². The molecule has 0 saturated heterocycles. The topological polar surface area (TPSA) is 69.6 Å². The molecule has 64 heavy (non-hydrogen) atoms. The second kappa shape index (κ2) is 53.6. The summed E-state index contributed by atoms with van der Waals surface area (Å²) >= 11 is 0. The van der Waals surface area contributed by atoms with Gasteiger partial charge in [0.15, 0.2) is 0 Å². The van der Waals surface area contributed by atoms with Gasteiger partial charge in [0.2, 0.25) is 5.91 Å². The largest absolute Gasteiger partial charge is 0.394 e. The van der Waals surface area contributed by atoms with E-state index in [0.717, 1.165) is 103 Å². The molecular weight excluding hydrogens is 783 g/mol. The number of hydrogen-bond acceptors (Lipinski definition) is 3. The number of carbonyl (C=O) groups is 1. The predicted molar refractivity (Wildman–Crippen MR) is 285 cm³/mol. The third-order valence-corrected chi connectivity index (χ3v) is 10.8. The Balaban J connectivity index is 3.63. The molecule has 0 saturated carbocycles. The summed E-state index contributed by atoms with van der Waals surface area (Å²) in [7, 11) is 0. The molecule has 3 N–H and O–H groups in total. The maximum atomic E-state index is 12.4. The molecule has 0 aromatic rings. The number of amides is 1. The lowest BCUT2D eigenvalue weighted by Crippen LogP contribution is -2.45. The number of aliphatic hydroxyl groups is 2. The molecular formula is C60H97NO3. The van der Waals surface area contributed by atoms with E-state index in [1.807, 2.05) is 6.08 Å². The van der Waals surface area contributed by atoms with Crippen molar-refractivity contribution in [1.29, 1.82) is 0 Å². The Kier molecular flexibility index (Phi) is 50.5. The summed E-state index contributed by atoms with van der Waals surface area (Å²) in [6, 6.07) is -0.656. The Morgan fingerprint density at radius 1 is 0.391 bits per heavy atom. The van der Waals surface area contributed by atoms with E-state index in [4.69, 9.17) is 0 Å². The lowest BCUT2D eigenvalue weighted by Gasteiger charge is -2.19. The number of carbonyl (C=O) groups excluding carboxylic acids is 1. The minimum absolute atomic E-state index is 0.0893. The number of nitrogens with one attached hydrogen (secondary N) is 1. The SMILES string of the molecule is CC/C=C\C/C=C\C/C=C\C/C=C\C/C=C\C/C=C\C/C=C\C/C=C\C/C=C\CCCCCCCCCCCCCC(=O)NC(CO)C(O)/C=C/CC/C=C/CC/C=C/CCCCC. The summed E-state index contributed by atoms with van der Waals surface area (Å²) in [6.45, 7) is 4.13. The number of hydrogen-bond donors (Lipinski definition) is 3. The van der Waals surface area contributed by atoms with Gasteiger partial charge in [-0.25, -0.2) is 0 Å². The van der Waals surface area contributed by atoms with Crippen LogP contribution >= 0.6 is 0 Å². The molecule has 4 heteroatoms. The fourth-order valence-corrected chi connectivity index (χ4v) is 6.85. The lowest BCUT2D eigenvalue weighted by atomic mass is 10.0. The van der Waals surface area contributed by atoms with Crippen molar-refractivity contribution in [3.8, 4) is 0 Å². The zero-order valence-corrected chi connectivity index (χ0v) is 41.2. The predicted octanol–water partition coefficient (Wildman–Crippen LogP) is 17.2. The van der Waals surface area contributed by atoms with Crippen LogP contribution in [0.3, 0.4) is 0 Å². The Morgan fingerprint density at radius 3 is 1.09 bits per heavy atom. The molecule has 0 aromatic heterocycles. The van der Waals surface area contributed by atoms with Gasteiger partial charge in [-0.2, -0.15) is 0 Å². The zero-order chi connectivity index (χ0) is 46.3. The van der Waals surface area contributed by atoms with Crippen LogP contribution in [0.5, 0.6) is 0 Å². The Bertz CT molecular complexity index is 1370. The highest BCUT2D eigenvalue weighted by Gasteiger charge is 2.17. The van der Waals surface area contributed by atoms with E-state index >= 15 is 0 Å². The van der Waals surface area contributed by atoms with Crippen molar-refractivity contribution in [2.24, 2.45) is 0 Å². The minimum Gasteiger partial charge on any atom is -0.394 e. The van der Waals surface area contributed by atoms with Crippen LogP contribution in [0.15, 0.2) is 146 Å². The Morgan fingerprint density at radius 2 is 0.703 bits per heavy atom. The summed E-state index contributed by atoms with van der Waals surface area (Å²) in [4.78, 5) is 12.4. The Hall–Kier alpha value is -3.73. The molecule has 4 nitrogen and oxygen atoms in total. The highest BCUT2D eigenvalue weighted by molar-refractivity contribution is 5.76. The van der Waals surface area contributed by atoms with E-state index in [0.29, 0.717) is 6.42 Å². The molecule has 0 heterocycles. The van der Waals surface area contributed by atoms with Gasteiger partial charge in [-0.3, -0.25) is 4.79 Å². The standard InChI is InChI=1S/C60H97NO3/c1-3-5-7-9-11-13-15-17-18-19-20-21-22-23-24-25-26-27-28-29-30-31-32-33-34-35-36-37-38-39-40-41-42-44-46-48-50-52-54-56-60(64)61-58(57-62)59(63)55-53-51-49-47-45-43-16-14-12-10-8-6-4-2/h5,7,11-14,17-18,20-21,23-24,26-27,29-30,32-33,35-36,45,47,53,55,58-59,62-63H,3-4,6,8-10,15-16,19,22,25,28,31,34,37-44,46,48-52,54,56-57H2,1-2H3,(H,61,64)/b7-5-,13-11-,14-12+,18-17-,21-20-,24-23-,27-26-,30-29-,33-32-,36-35-,47-45+,55-53+. The first-order valence-corrected chi connectivity index (χ1v) is 26.0. The highest BCUT2D eigenvalue weighted by atomic mass is 16.3. The fourth-order valence-electron chi connectivity index (χ4n) is 6.85. The molecule has 0 rings (SSSR count). The molecule has 0 spiro atoms. The summed E-state index contributed by atoms with van der Waals surface area (Å²) < 4.78 is 0. The van der Waals surface area contributed by atoms with Crippen LogP contribution in [-0.2, 0) is 4.79 Å². The van der Waals surface area contributed by atoms with Crippen molar-refractivity contribution in [3.63, 3.8) is 0 Å². The van der Waals surface area contributed by atoms with Crippen LogP contribution in [0.1, 0.15) is 206 Å². The van der Waals surface area contributed by atoms with E-state index in [-0.39, 0.29) is 12.5 Å². The Labute approximate surface area is 395 Å². The molecule has 0 aliphatic rings. The maximum absolute atomic E-state index is 12.4. The first-order valence-electron chi connectivity index (χ1n) is 26.0. The average Bonchev–Trinajstić information content (AvgIpc) is 3.30. The van der Waals surface area contributed by atoms with Gasteiger partial charge in [-0.1, -0.05) is 230 Å². The minimum atomic E-state index is -0.879. The molecule has 0 aliphatic heterocycles. The van der Waals surface area contributed by atoms with Crippen LogP contribution in [-0.4, -0.2) is 34.9 Å². The van der Waals surface area contributed by atoms with Crippen LogP contribution in [0.25, 0.3) is 0 Å². The van der Waals surface area contributed by atoms with Gasteiger partial charge in [0.05, 0.1) is 18.8 Å². The maximum Gasteiger partial charge on any atom is 0.220 e. The second-order valence-electron chi connectivity index (χ2n) is 16.8. The molecule has 2 unspecified atom stereocenters. The summed E-state index contributed by atoms with van der Waals surface area (Å²) in [5.41, 5.74) is 0. The van der Waals surface area contributed by atoms with Gasteiger partial charge in [-0.15, -0.1) is 0 Å². The molecule has 1 amide bonds. The quantitative estimate of drug-likeness (QED) is 0.0422. The van der Waals surface area contributed by atoms with Gasteiger partial charge >= 0.3 is 0 Å². The monoisotopic (exact) mass is 880 g/mol. The van der Waals surface area contributed by atoms with Gasteiger partial charge < -0.3 is 15.5 Å². The van der Waals surface area contributed by atoms with E-state index in [1.54, 1.807) is 6.08 Å². The number of unbranched alkanes of at least 4 members (excludes halogenated alkanes) is 16. The first-order chi connectivity index (χ1) is 31.7. The third kappa shape index (κ3) is 49.3. The normalized spacial score (nSPS) is 14.1. The van der Waals surface area contributed by atoms with E-state index < -0.39 is 12.1 Å². The van der Waals surface area contributed by atoms with Crippen molar-refractivity contribution in [1.82, 2.24) is 5.32 Å². The van der Waals surface area contributed by atoms with E-state index in [9.17, 15) is 15.0 Å². The number of rotatable bonds is 45. The zero-order valence-electron chi connectivity index (χ0n) is 41.2. The van der Waals surface area contributed by atoms with Gasteiger partial charge in [0.25, 0.3) is 0 Å². The van der Waals surface area contributed by atoms with Gasteiger partial charge in [0, 0.05) is 6.42 Å². The van der Waals surface area contributed by atoms with Crippen molar-refractivity contribution in [2.45, 2.75) is 219 Å². The van der Waals surface area contributed by atoms with Gasteiger partial charge in [0.1, 0.15) is 0 Å². The van der Waals surface area contributed by atoms with Crippen LogP contribution in [0.4, 0.5) is 0 Å². The average molecular weight is 880 g/mol.